The summed E-state index contributed by atoms with van der Waals surface area (Å²) in [5.41, 5.74) is 10.9. The van der Waals surface area contributed by atoms with Gasteiger partial charge in [-0.2, -0.15) is 0 Å². The minimum absolute atomic E-state index is 0.201. The first-order chi connectivity index (χ1) is 9.71. The Morgan fingerprint density at radius 3 is 2.20 bits per heavy atom. The molecule has 0 amide bonds. The van der Waals surface area contributed by atoms with E-state index >= 15 is 0 Å². The fourth-order valence-corrected chi connectivity index (χ4v) is 3.37. The van der Waals surface area contributed by atoms with Gasteiger partial charge in [0.1, 0.15) is 0 Å². The summed E-state index contributed by atoms with van der Waals surface area (Å²) in [5, 5.41) is 0. The molecule has 2 aromatic rings. The zero-order valence-corrected chi connectivity index (χ0v) is 12.2. The molecule has 0 bridgehead atoms. The number of hydrogen-bond acceptors (Lipinski definition) is 1. The van der Waals surface area contributed by atoms with Crippen LogP contribution < -0.4 is 5.73 Å². The third-order valence-corrected chi connectivity index (χ3v) is 4.88. The van der Waals surface area contributed by atoms with Crippen LogP contribution in [0.5, 0.6) is 0 Å². The second-order valence-corrected chi connectivity index (χ2v) is 6.17. The van der Waals surface area contributed by atoms with E-state index in [4.69, 9.17) is 5.73 Å². The van der Waals surface area contributed by atoms with E-state index in [1.165, 1.54) is 36.0 Å². The minimum atomic E-state index is 0.201. The molecule has 1 saturated carbocycles. The van der Waals surface area contributed by atoms with Crippen LogP contribution >= 0.6 is 0 Å². The van der Waals surface area contributed by atoms with Crippen molar-refractivity contribution in [3.05, 3.63) is 71.3 Å². The first-order valence-corrected chi connectivity index (χ1v) is 7.57. The third kappa shape index (κ3) is 2.38. The maximum absolute atomic E-state index is 6.62. The van der Waals surface area contributed by atoms with Gasteiger partial charge in [0.05, 0.1) is 0 Å². The van der Waals surface area contributed by atoms with Crippen molar-refractivity contribution in [2.24, 2.45) is 5.73 Å². The fourth-order valence-electron chi connectivity index (χ4n) is 3.37. The molecule has 2 aromatic carbocycles. The quantitative estimate of drug-likeness (QED) is 0.889. The lowest BCUT2D eigenvalue weighted by molar-refractivity contribution is 0.194. The first-order valence-electron chi connectivity index (χ1n) is 7.57. The Morgan fingerprint density at radius 1 is 1.00 bits per heavy atom. The van der Waals surface area contributed by atoms with Gasteiger partial charge < -0.3 is 5.73 Å². The van der Waals surface area contributed by atoms with Crippen LogP contribution in [0.25, 0.3) is 0 Å². The average Bonchev–Trinajstić information content (AvgIpc) is 2.41. The molecule has 1 aliphatic carbocycles. The van der Waals surface area contributed by atoms with Crippen molar-refractivity contribution in [1.29, 1.82) is 0 Å². The maximum atomic E-state index is 6.62. The fraction of sp³-hybridized carbons (Fsp3) is 0.368. The second kappa shape index (κ2) is 5.41. The molecule has 0 aliphatic heterocycles. The minimum Gasteiger partial charge on any atom is -0.327 e. The van der Waals surface area contributed by atoms with Crippen LogP contribution in [0.15, 0.2) is 54.6 Å². The van der Waals surface area contributed by atoms with Gasteiger partial charge in [0.15, 0.2) is 0 Å². The molecule has 20 heavy (non-hydrogen) atoms. The van der Waals surface area contributed by atoms with E-state index in [1.807, 2.05) is 0 Å². The monoisotopic (exact) mass is 265 g/mol. The molecule has 1 aliphatic rings. The molecule has 0 aromatic heterocycles. The van der Waals surface area contributed by atoms with Crippen LogP contribution in [0.3, 0.4) is 0 Å². The van der Waals surface area contributed by atoms with E-state index < -0.39 is 0 Å². The van der Waals surface area contributed by atoms with Crippen molar-refractivity contribution >= 4 is 0 Å². The highest BCUT2D eigenvalue weighted by atomic mass is 14.7. The van der Waals surface area contributed by atoms with Crippen LogP contribution in [-0.2, 0) is 11.8 Å². The van der Waals surface area contributed by atoms with E-state index in [9.17, 15) is 0 Å². The highest BCUT2D eigenvalue weighted by molar-refractivity contribution is 5.32. The standard InChI is InChI=1S/C19H23N/c1-15-8-10-16(11-9-15)14-18(20)19(12-5-13-19)17-6-3-2-4-7-17/h2-4,6-11,18H,5,12-14,20H2,1H3. The first kappa shape index (κ1) is 13.4. The van der Waals surface area contributed by atoms with E-state index in [2.05, 4.69) is 61.5 Å². The highest BCUT2D eigenvalue weighted by Crippen LogP contribution is 2.46. The normalized spacial score (nSPS) is 18.3. The Labute approximate surface area is 121 Å². The van der Waals surface area contributed by atoms with Crippen LogP contribution in [0.2, 0.25) is 0 Å². The summed E-state index contributed by atoms with van der Waals surface area (Å²) < 4.78 is 0. The average molecular weight is 265 g/mol. The Balaban J connectivity index is 1.81. The molecule has 1 fully saturated rings. The molecule has 0 spiro atoms. The summed E-state index contributed by atoms with van der Waals surface area (Å²) in [6.45, 7) is 2.13. The number of aryl methyl sites for hydroxylation is 1. The molecular weight excluding hydrogens is 242 g/mol. The Hall–Kier alpha value is -1.60. The van der Waals surface area contributed by atoms with E-state index in [0.29, 0.717) is 0 Å². The van der Waals surface area contributed by atoms with Crippen molar-refractivity contribution < 1.29 is 0 Å². The molecule has 1 unspecified atom stereocenters. The molecule has 1 atom stereocenters. The zero-order valence-electron chi connectivity index (χ0n) is 12.2. The zero-order chi connectivity index (χ0) is 14.0. The molecule has 1 heteroatoms. The predicted octanol–water partition coefficient (Wildman–Crippen LogP) is 3.99. The van der Waals surface area contributed by atoms with Gasteiger partial charge in [-0.25, -0.2) is 0 Å². The van der Waals surface area contributed by atoms with E-state index in [1.54, 1.807) is 0 Å². The summed E-state index contributed by atoms with van der Waals surface area (Å²) >= 11 is 0. The van der Waals surface area contributed by atoms with Gasteiger partial charge in [-0.1, -0.05) is 66.6 Å². The topological polar surface area (TPSA) is 26.0 Å². The van der Waals surface area contributed by atoms with Crippen molar-refractivity contribution in [3.63, 3.8) is 0 Å². The summed E-state index contributed by atoms with van der Waals surface area (Å²) in [5.74, 6) is 0. The van der Waals surface area contributed by atoms with E-state index in [0.717, 1.165) is 6.42 Å². The number of nitrogens with two attached hydrogens (primary N) is 1. The lowest BCUT2D eigenvalue weighted by atomic mass is 9.59. The molecule has 2 N–H and O–H groups in total. The van der Waals surface area contributed by atoms with Crippen LogP contribution in [-0.4, -0.2) is 6.04 Å². The summed E-state index contributed by atoms with van der Waals surface area (Å²) in [6, 6.07) is 19.8. The van der Waals surface area contributed by atoms with Gasteiger partial charge in [0.2, 0.25) is 0 Å². The van der Waals surface area contributed by atoms with E-state index in [-0.39, 0.29) is 11.5 Å². The SMILES string of the molecule is Cc1ccc(CC(N)C2(c3ccccc3)CCC2)cc1. The van der Waals surface area contributed by atoms with Crippen LogP contribution in [0.1, 0.15) is 36.0 Å². The summed E-state index contributed by atoms with van der Waals surface area (Å²) in [7, 11) is 0. The van der Waals surface area contributed by atoms with Gasteiger partial charge in [0, 0.05) is 11.5 Å². The molecule has 0 saturated heterocycles. The smallest absolute Gasteiger partial charge is 0.0177 e. The number of rotatable bonds is 4. The second-order valence-electron chi connectivity index (χ2n) is 6.17. The lowest BCUT2D eigenvalue weighted by Gasteiger charge is -2.47. The maximum Gasteiger partial charge on any atom is 0.0177 e. The van der Waals surface area contributed by atoms with Crippen LogP contribution in [0, 0.1) is 6.92 Å². The van der Waals surface area contributed by atoms with Crippen molar-refractivity contribution in [3.8, 4) is 0 Å². The molecule has 1 nitrogen and oxygen atoms in total. The summed E-state index contributed by atoms with van der Waals surface area (Å²) in [4.78, 5) is 0. The Bertz CT molecular complexity index is 552. The predicted molar refractivity (Wildman–Crippen MR) is 84.8 cm³/mol. The Kier molecular flexibility index (Phi) is 3.62. The largest absolute Gasteiger partial charge is 0.327 e. The van der Waals surface area contributed by atoms with Crippen LogP contribution in [0.4, 0.5) is 0 Å². The van der Waals surface area contributed by atoms with Gasteiger partial charge >= 0.3 is 0 Å². The lowest BCUT2D eigenvalue weighted by Crippen LogP contribution is -2.51. The van der Waals surface area contributed by atoms with Crippen molar-refractivity contribution in [2.45, 2.75) is 44.1 Å². The number of benzene rings is 2. The van der Waals surface area contributed by atoms with Gasteiger partial charge in [-0.3, -0.25) is 0 Å². The van der Waals surface area contributed by atoms with Crippen molar-refractivity contribution in [2.75, 3.05) is 0 Å². The molecule has 0 radical (unpaired) electrons. The van der Waals surface area contributed by atoms with Crippen molar-refractivity contribution in [1.82, 2.24) is 0 Å². The molecular formula is C19H23N. The molecule has 104 valence electrons. The molecule has 0 heterocycles. The van der Waals surface area contributed by atoms with Gasteiger partial charge in [-0.15, -0.1) is 0 Å². The third-order valence-electron chi connectivity index (χ3n) is 4.88. The highest BCUT2D eigenvalue weighted by Gasteiger charge is 2.43. The Morgan fingerprint density at radius 2 is 1.65 bits per heavy atom. The molecule has 3 rings (SSSR count). The van der Waals surface area contributed by atoms with Gasteiger partial charge in [0.25, 0.3) is 0 Å². The summed E-state index contributed by atoms with van der Waals surface area (Å²) in [6.07, 6.45) is 4.72. The van der Waals surface area contributed by atoms with Gasteiger partial charge in [-0.05, 0) is 37.3 Å². The number of hydrogen-bond donors (Lipinski definition) is 1.